The summed E-state index contributed by atoms with van der Waals surface area (Å²) < 4.78 is 0. The topological polar surface area (TPSA) is 85.8 Å². The molecule has 1 saturated heterocycles. The first-order valence-corrected chi connectivity index (χ1v) is 10.4. The van der Waals surface area contributed by atoms with E-state index in [1.54, 1.807) is 6.20 Å². The molecule has 0 aliphatic carbocycles. The molecular weight excluding hydrogens is 392 g/mol. The zero-order valence-corrected chi connectivity index (χ0v) is 17.7. The van der Waals surface area contributed by atoms with E-state index in [0.717, 1.165) is 55.0 Å². The van der Waals surface area contributed by atoms with E-state index in [9.17, 15) is 4.79 Å². The smallest absolute Gasteiger partial charge is 0.284 e. The minimum atomic E-state index is 0.0859. The van der Waals surface area contributed by atoms with Crippen LogP contribution in [0, 0.1) is 6.92 Å². The highest BCUT2D eigenvalue weighted by molar-refractivity contribution is 5.97. The molecule has 31 heavy (non-hydrogen) atoms. The third-order valence-electron chi connectivity index (χ3n) is 5.74. The lowest BCUT2D eigenvalue weighted by atomic mass is 10.1. The fraction of sp³-hybridized carbons (Fsp3) is 0.318. The van der Waals surface area contributed by atoms with E-state index in [4.69, 9.17) is 0 Å². The molecule has 9 nitrogen and oxygen atoms in total. The fourth-order valence-electron chi connectivity index (χ4n) is 3.96. The summed E-state index contributed by atoms with van der Waals surface area (Å²) in [5, 5.41) is 10.6. The Morgan fingerprint density at radius 2 is 2.03 bits per heavy atom. The van der Waals surface area contributed by atoms with E-state index in [-0.39, 0.29) is 5.91 Å². The summed E-state index contributed by atoms with van der Waals surface area (Å²) in [5.41, 5.74) is 2.64. The highest BCUT2D eigenvalue weighted by Crippen LogP contribution is 2.25. The number of likely N-dealkylation sites (N-methyl/N-ethyl adjacent to an activating group) is 1. The number of aryl methyl sites for hydroxylation is 1. The quantitative estimate of drug-likeness (QED) is 0.741. The molecule has 2 N–H and O–H groups in total. The number of amides is 1. The molecule has 1 aromatic heterocycles. The lowest BCUT2D eigenvalue weighted by Crippen LogP contribution is -2.47. The summed E-state index contributed by atoms with van der Waals surface area (Å²) in [7, 11) is 2.09. The Bertz CT molecular complexity index is 1080. The number of H-pyrrole nitrogens is 1. The predicted octanol–water partition coefficient (Wildman–Crippen LogP) is 1.86. The van der Waals surface area contributed by atoms with Crippen LogP contribution in [0.25, 0.3) is 0 Å². The number of nitrogens with one attached hydrogen (secondary N) is 2. The molecular formula is C22H26N8O+. The number of nitrogens with zero attached hydrogens (tertiary/aromatic N) is 6. The zero-order valence-electron chi connectivity index (χ0n) is 17.7. The Kier molecular flexibility index (Phi) is 5.05. The summed E-state index contributed by atoms with van der Waals surface area (Å²) in [6.07, 6.45) is 5.74. The van der Waals surface area contributed by atoms with Gasteiger partial charge in [-0.25, -0.2) is 0 Å². The van der Waals surface area contributed by atoms with Crippen LogP contribution in [0.1, 0.15) is 16.1 Å². The van der Waals surface area contributed by atoms with Crippen LogP contribution in [0.5, 0.6) is 0 Å². The van der Waals surface area contributed by atoms with Gasteiger partial charge in [-0.3, -0.25) is 15.2 Å². The van der Waals surface area contributed by atoms with Crippen molar-refractivity contribution in [1.29, 1.82) is 0 Å². The van der Waals surface area contributed by atoms with Gasteiger partial charge in [-0.05, 0) is 37.1 Å². The Labute approximate surface area is 181 Å². The number of benzene rings is 1. The van der Waals surface area contributed by atoms with E-state index in [0.29, 0.717) is 12.1 Å². The van der Waals surface area contributed by atoms with Gasteiger partial charge >= 0.3 is 0 Å². The standard InChI is InChI=1S/C22H26N8O/c1-16-12-19(26-25-16)24-21-15-29(14-20-23-6-7-30(20)21)18-5-3-4-17(13-18)22(31)28-10-8-27(2)9-11-28/h3-7,12-13,15H,8-11,14H2,1-2H3,(H2,24,25,26)/q+1. The summed E-state index contributed by atoms with van der Waals surface area (Å²) >= 11 is 0. The van der Waals surface area contributed by atoms with Crippen LogP contribution in [0.15, 0.2) is 59.7 Å². The van der Waals surface area contributed by atoms with Gasteiger partial charge in [0, 0.05) is 49.2 Å². The summed E-state index contributed by atoms with van der Waals surface area (Å²) in [4.78, 5) is 25.8. The number of carbonyl (C=O) groups excluding carboxylic acids is 1. The van der Waals surface area contributed by atoms with Crippen molar-refractivity contribution in [3.05, 3.63) is 66.0 Å². The molecule has 9 heteroatoms. The Hall–Kier alpha value is -3.43. The normalized spacial score (nSPS) is 19.3. The second-order valence-corrected chi connectivity index (χ2v) is 8.06. The van der Waals surface area contributed by atoms with Crippen molar-refractivity contribution >= 4 is 23.2 Å². The average Bonchev–Trinajstić information content (AvgIpc) is 3.42. The maximum absolute atomic E-state index is 13.0. The van der Waals surface area contributed by atoms with Gasteiger partial charge in [0.25, 0.3) is 17.6 Å². The molecule has 5 rings (SSSR count). The third kappa shape index (κ3) is 3.97. The van der Waals surface area contributed by atoms with Gasteiger partial charge < -0.3 is 14.7 Å². The molecule has 3 aliphatic rings. The molecule has 159 valence electrons. The number of aliphatic imine (C=N–C) groups is 1. The molecule has 0 unspecified atom stereocenters. The van der Waals surface area contributed by atoms with Crippen molar-refractivity contribution in [2.75, 3.05) is 50.0 Å². The first kappa shape index (κ1) is 19.5. The predicted molar refractivity (Wildman–Crippen MR) is 121 cm³/mol. The molecule has 0 spiro atoms. The maximum atomic E-state index is 13.0. The monoisotopic (exact) mass is 418 g/mol. The van der Waals surface area contributed by atoms with E-state index in [2.05, 4.69) is 37.4 Å². The Morgan fingerprint density at radius 3 is 2.81 bits per heavy atom. The van der Waals surface area contributed by atoms with Crippen LogP contribution in [0.2, 0.25) is 0 Å². The van der Waals surface area contributed by atoms with Crippen LogP contribution < -0.4 is 15.1 Å². The van der Waals surface area contributed by atoms with Crippen LogP contribution >= 0.6 is 0 Å². The fourth-order valence-corrected chi connectivity index (χ4v) is 3.96. The second kappa shape index (κ2) is 8.01. The van der Waals surface area contributed by atoms with Gasteiger partial charge in [-0.15, -0.1) is 0 Å². The minimum Gasteiger partial charge on any atom is -0.336 e. The molecule has 4 heterocycles. The maximum Gasteiger partial charge on any atom is 0.284 e. The first-order chi connectivity index (χ1) is 15.1. The third-order valence-corrected chi connectivity index (χ3v) is 5.74. The van der Waals surface area contributed by atoms with Crippen molar-refractivity contribution in [1.82, 2.24) is 24.9 Å². The van der Waals surface area contributed by atoms with E-state index < -0.39 is 0 Å². The van der Waals surface area contributed by atoms with Gasteiger partial charge in [-0.1, -0.05) is 6.07 Å². The number of amidine groups is 1. The first-order valence-electron chi connectivity index (χ1n) is 10.4. The van der Waals surface area contributed by atoms with Crippen molar-refractivity contribution in [3.63, 3.8) is 0 Å². The lowest BCUT2D eigenvalue weighted by Gasteiger charge is -2.32. The zero-order chi connectivity index (χ0) is 21.4. The number of hydrogen-bond donors (Lipinski definition) is 2. The van der Waals surface area contributed by atoms with Crippen LogP contribution in [-0.4, -0.2) is 71.5 Å². The highest BCUT2D eigenvalue weighted by atomic mass is 16.2. The minimum absolute atomic E-state index is 0.0859. The second-order valence-electron chi connectivity index (χ2n) is 8.06. The number of carbonyl (C=O) groups is 1. The van der Waals surface area contributed by atoms with Crippen molar-refractivity contribution in [2.24, 2.45) is 4.99 Å². The van der Waals surface area contributed by atoms with Gasteiger partial charge in [0.2, 0.25) is 0 Å². The van der Waals surface area contributed by atoms with Gasteiger partial charge in [0.1, 0.15) is 6.54 Å². The number of piperazine rings is 1. The van der Waals surface area contributed by atoms with Crippen molar-refractivity contribution in [3.8, 4) is 0 Å². The van der Waals surface area contributed by atoms with Crippen molar-refractivity contribution < 1.29 is 4.79 Å². The largest absolute Gasteiger partial charge is 0.336 e. The molecule has 0 atom stereocenters. The number of hydrogen-bond acceptors (Lipinski definition) is 7. The highest BCUT2D eigenvalue weighted by Gasteiger charge is 2.37. The van der Waals surface area contributed by atoms with Crippen molar-refractivity contribution in [2.45, 2.75) is 6.92 Å². The number of anilines is 2. The summed E-state index contributed by atoms with van der Waals surface area (Å²) in [6.45, 7) is 5.92. The lowest BCUT2D eigenvalue weighted by molar-refractivity contribution is 0.0664. The number of rotatable bonds is 4. The summed E-state index contributed by atoms with van der Waals surface area (Å²) in [6, 6.07) is 9.77. The molecule has 2 aromatic rings. The molecule has 0 bridgehead atoms. The van der Waals surface area contributed by atoms with E-state index in [1.807, 2.05) is 59.5 Å². The van der Waals surface area contributed by atoms with E-state index in [1.165, 1.54) is 0 Å². The van der Waals surface area contributed by atoms with Crippen LogP contribution in [0.3, 0.4) is 0 Å². The number of aromatic nitrogens is 2. The summed E-state index contributed by atoms with van der Waals surface area (Å²) in [5.74, 6) is 2.58. The average molecular weight is 419 g/mol. The molecule has 0 saturated carbocycles. The van der Waals surface area contributed by atoms with Gasteiger partial charge in [0.05, 0.1) is 12.4 Å². The Morgan fingerprint density at radius 1 is 1.19 bits per heavy atom. The van der Waals surface area contributed by atoms with Gasteiger partial charge in [0.15, 0.2) is 12.0 Å². The molecule has 1 aromatic carbocycles. The van der Waals surface area contributed by atoms with Gasteiger partial charge in [-0.2, -0.15) is 10.1 Å². The van der Waals surface area contributed by atoms with E-state index >= 15 is 0 Å². The molecule has 3 aliphatic heterocycles. The number of fused-ring (bicyclic) bond motifs is 1. The SMILES string of the molecule is Cc1cc(NC2=CN(c3cccc(C(=O)N4CCN(C)CC4)c3)CC3=NC=C[N+]23)n[nH]1. The molecule has 1 radical (unpaired) electrons. The van der Waals surface area contributed by atoms with Crippen LogP contribution in [0.4, 0.5) is 11.5 Å². The van der Waals surface area contributed by atoms with Crippen LogP contribution in [-0.2, 0) is 0 Å². The molecule has 1 fully saturated rings. The molecule has 1 amide bonds. The number of aromatic amines is 1. The Balaban J connectivity index is 1.40.